The van der Waals surface area contributed by atoms with Crippen molar-refractivity contribution >= 4 is 24.1 Å². The van der Waals surface area contributed by atoms with Crippen molar-refractivity contribution in [2.24, 2.45) is 5.92 Å². The van der Waals surface area contributed by atoms with Gasteiger partial charge in [0.05, 0.1) is 6.61 Å². The maximum atomic E-state index is 12.5. The minimum atomic E-state index is -1.11. The summed E-state index contributed by atoms with van der Waals surface area (Å²) < 4.78 is 15.9. The topological polar surface area (TPSA) is 106 Å². The number of hydrogen-bond acceptors (Lipinski definition) is 7. The maximum absolute atomic E-state index is 12.5. The number of ether oxygens (including phenoxy) is 3. The molecule has 190 valence electrons. The minimum absolute atomic E-state index is 0.133. The van der Waals surface area contributed by atoms with E-state index < -0.39 is 29.9 Å². The lowest BCUT2D eigenvalue weighted by atomic mass is 10.2. The molecular formula is C23H41N3O7. The molecule has 0 N–H and O–H groups in total. The van der Waals surface area contributed by atoms with Gasteiger partial charge in [0, 0.05) is 41.3 Å². The fraction of sp³-hybridized carbons (Fsp3) is 0.739. The highest BCUT2D eigenvalue weighted by molar-refractivity contribution is 5.87. The number of hydrogen-bond donors (Lipinski definition) is 0. The molecule has 0 aliphatic heterocycles. The number of esters is 1. The van der Waals surface area contributed by atoms with Crippen LogP contribution in [0.1, 0.15) is 47.5 Å². The molecule has 0 aromatic carbocycles. The zero-order valence-electron chi connectivity index (χ0n) is 21.5. The highest BCUT2D eigenvalue weighted by Gasteiger charge is 2.26. The second kappa shape index (κ2) is 14.4. The zero-order valence-corrected chi connectivity index (χ0v) is 21.5. The smallest absolute Gasteiger partial charge is 0.410 e. The fourth-order valence-electron chi connectivity index (χ4n) is 2.18. The van der Waals surface area contributed by atoms with Crippen LogP contribution in [0.15, 0.2) is 12.2 Å². The molecule has 0 rings (SSSR count). The van der Waals surface area contributed by atoms with Crippen LogP contribution in [-0.2, 0) is 23.8 Å². The SMILES string of the molecule is CC(C)COC(=O)[C@H](CC/C=C/C(=O)N(C)C)OC(=O)N(C)CCN(C)C(=O)OC(C)(C)C. The molecule has 10 heteroatoms. The highest BCUT2D eigenvalue weighted by atomic mass is 16.6. The molecule has 0 aromatic rings. The molecule has 1 atom stereocenters. The zero-order chi connectivity index (χ0) is 25.8. The average Bonchev–Trinajstić information content (AvgIpc) is 2.70. The van der Waals surface area contributed by atoms with Crippen LogP contribution in [0.3, 0.4) is 0 Å². The van der Waals surface area contributed by atoms with Crippen LogP contribution in [0, 0.1) is 5.92 Å². The van der Waals surface area contributed by atoms with Gasteiger partial charge in [-0.05, 0) is 45.6 Å². The molecule has 0 aliphatic carbocycles. The predicted molar refractivity (Wildman–Crippen MR) is 125 cm³/mol. The monoisotopic (exact) mass is 471 g/mol. The predicted octanol–water partition coefficient (Wildman–Crippen LogP) is 2.91. The van der Waals surface area contributed by atoms with Gasteiger partial charge in [0.1, 0.15) is 5.60 Å². The lowest BCUT2D eigenvalue weighted by molar-refractivity contribution is -0.155. The van der Waals surface area contributed by atoms with Gasteiger partial charge in [0.15, 0.2) is 0 Å². The number of rotatable bonds is 11. The molecule has 0 heterocycles. The number of carbonyl (C=O) groups excluding carboxylic acids is 4. The van der Waals surface area contributed by atoms with E-state index in [0.29, 0.717) is 6.42 Å². The number of amides is 3. The van der Waals surface area contributed by atoms with E-state index in [-0.39, 0.29) is 37.9 Å². The van der Waals surface area contributed by atoms with E-state index in [2.05, 4.69) is 0 Å². The molecule has 0 radical (unpaired) electrons. The molecule has 0 fully saturated rings. The van der Waals surface area contributed by atoms with E-state index in [1.165, 1.54) is 27.8 Å². The molecule has 0 aliphatic rings. The van der Waals surface area contributed by atoms with Crippen molar-refractivity contribution < 1.29 is 33.4 Å². The Morgan fingerprint density at radius 2 is 1.45 bits per heavy atom. The summed E-state index contributed by atoms with van der Waals surface area (Å²) in [6.07, 6.45) is 1.22. The van der Waals surface area contributed by atoms with Crippen LogP contribution in [0.2, 0.25) is 0 Å². The van der Waals surface area contributed by atoms with Gasteiger partial charge in [-0.1, -0.05) is 19.9 Å². The van der Waals surface area contributed by atoms with E-state index in [9.17, 15) is 19.2 Å². The largest absolute Gasteiger partial charge is 0.463 e. The Bertz CT molecular complexity index is 684. The summed E-state index contributed by atoms with van der Waals surface area (Å²) in [7, 11) is 6.35. The van der Waals surface area contributed by atoms with E-state index in [4.69, 9.17) is 14.2 Å². The normalized spacial score (nSPS) is 12.3. The van der Waals surface area contributed by atoms with Crippen molar-refractivity contribution in [2.45, 2.75) is 59.2 Å². The second-order valence-corrected chi connectivity index (χ2v) is 9.43. The van der Waals surface area contributed by atoms with Crippen molar-refractivity contribution in [3.63, 3.8) is 0 Å². The minimum Gasteiger partial charge on any atom is -0.463 e. The summed E-state index contributed by atoms with van der Waals surface area (Å²) in [4.78, 5) is 52.7. The third kappa shape index (κ3) is 14.1. The van der Waals surface area contributed by atoms with E-state index in [1.54, 1.807) is 48.0 Å². The summed E-state index contributed by atoms with van der Waals surface area (Å²) in [6, 6.07) is 0. The van der Waals surface area contributed by atoms with Gasteiger partial charge in [-0.3, -0.25) is 4.79 Å². The quantitative estimate of drug-likeness (QED) is 0.259. The first-order valence-electron chi connectivity index (χ1n) is 11.0. The summed E-state index contributed by atoms with van der Waals surface area (Å²) in [5, 5.41) is 0. The average molecular weight is 472 g/mol. The molecular weight excluding hydrogens is 430 g/mol. The van der Waals surface area contributed by atoms with Crippen molar-refractivity contribution in [1.82, 2.24) is 14.7 Å². The Hall–Kier alpha value is -2.78. The van der Waals surface area contributed by atoms with E-state index in [0.717, 1.165) is 0 Å². The van der Waals surface area contributed by atoms with Crippen LogP contribution in [0.4, 0.5) is 9.59 Å². The Balaban J connectivity index is 4.92. The van der Waals surface area contributed by atoms with Crippen LogP contribution in [0.5, 0.6) is 0 Å². The molecule has 0 saturated heterocycles. The van der Waals surface area contributed by atoms with Crippen molar-refractivity contribution in [1.29, 1.82) is 0 Å². The van der Waals surface area contributed by atoms with Crippen LogP contribution < -0.4 is 0 Å². The van der Waals surface area contributed by atoms with Gasteiger partial charge in [0.2, 0.25) is 12.0 Å². The molecule has 10 nitrogen and oxygen atoms in total. The van der Waals surface area contributed by atoms with Crippen molar-refractivity contribution in [3.8, 4) is 0 Å². The number of carbonyl (C=O) groups is 4. The Morgan fingerprint density at radius 3 is 1.94 bits per heavy atom. The van der Waals surface area contributed by atoms with Crippen molar-refractivity contribution in [2.75, 3.05) is 47.9 Å². The third-order valence-electron chi connectivity index (χ3n) is 4.15. The number of allylic oxidation sites excluding steroid dienone is 1. The molecule has 0 bridgehead atoms. The maximum Gasteiger partial charge on any atom is 0.410 e. The second-order valence-electron chi connectivity index (χ2n) is 9.43. The van der Waals surface area contributed by atoms with Crippen LogP contribution in [-0.4, -0.2) is 98.4 Å². The first-order valence-corrected chi connectivity index (χ1v) is 11.0. The van der Waals surface area contributed by atoms with Crippen LogP contribution >= 0.6 is 0 Å². The summed E-state index contributed by atoms with van der Waals surface area (Å²) >= 11 is 0. The molecule has 3 amide bonds. The molecule has 33 heavy (non-hydrogen) atoms. The Labute approximate surface area is 197 Å². The summed E-state index contributed by atoms with van der Waals surface area (Å²) in [5.41, 5.74) is -0.620. The standard InChI is InChI=1S/C23H41N3O7/c1-17(2)16-31-20(28)18(12-10-11-13-19(27)24(6)7)32-21(29)25(8)14-15-26(9)22(30)33-23(3,4)5/h11,13,17-18H,10,12,14-16H2,1-9H3/b13-11+/t18-/m0/s1. The highest BCUT2D eigenvalue weighted by Crippen LogP contribution is 2.11. The number of likely N-dealkylation sites (N-methyl/N-ethyl adjacent to an activating group) is 3. The van der Waals surface area contributed by atoms with E-state index in [1.807, 2.05) is 13.8 Å². The summed E-state index contributed by atoms with van der Waals surface area (Å²) in [6.45, 7) is 9.72. The lowest BCUT2D eigenvalue weighted by Gasteiger charge is -2.26. The molecule has 0 saturated carbocycles. The third-order valence-corrected chi connectivity index (χ3v) is 4.15. The summed E-state index contributed by atoms with van der Waals surface area (Å²) in [5.74, 6) is -0.683. The molecule has 0 aromatic heterocycles. The number of nitrogens with zero attached hydrogens (tertiary/aromatic N) is 3. The van der Waals surface area contributed by atoms with Gasteiger partial charge in [-0.2, -0.15) is 0 Å². The van der Waals surface area contributed by atoms with Crippen LogP contribution in [0.25, 0.3) is 0 Å². The lowest BCUT2D eigenvalue weighted by Crippen LogP contribution is -2.41. The van der Waals surface area contributed by atoms with Gasteiger partial charge < -0.3 is 28.9 Å². The first-order chi connectivity index (χ1) is 15.1. The Kier molecular flexibility index (Phi) is 13.2. The van der Waals surface area contributed by atoms with Crippen molar-refractivity contribution in [3.05, 3.63) is 12.2 Å². The first kappa shape index (κ1) is 30.2. The van der Waals surface area contributed by atoms with E-state index >= 15 is 0 Å². The van der Waals surface area contributed by atoms with Gasteiger partial charge in [-0.15, -0.1) is 0 Å². The molecule has 0 spiro atoms. The van der Waals surface area contributed by atoms with Gasteiger partial charge in [-0.25, -0.2) is 14.4 Å². The fourth-order valence-corrected chi connectivity index (χ4v) is 2.18. The van der Waals surface area contributed by atoms with Gasteiger partial charge >= 0.3 is 18.2 Å². The Morgan fingerprint density at radius 1 is 0.909 bits per heavy atom. The van der Waals surface area contributed by atoms with Gasteiger partial charge in [0.25, 0.3) is 0 Å². The molecule has 0 unspecified atom stereocenters.